The smallest absolute Gasteiger partial charge is 0.303 e. The summed E-state index contributed by atoms with van der Waals surface area (Å²) in [5.74, 6) is 0.280. The first-order valence-electron chi connectivity index (χ1n) is 8.31. The molecule has 3 N–H and O–H groups in total. The number of carboxylic acids is 1. The summed E-state index contributed by atoms with van der Waals surface area (Å²) in [5, 5.41) is 15.1. The number of carbonyl (C=O) groups is 2. The van der Waals surface area contributed by atoms with Crippen LogP contribution in [0.2, 0.25) is 0 Å². The van der Waals surface area contributed by atoms with Crippen LogP contribution in [0, 0.1) is 11.8 Å². The highest BCUT2D eigenvalue weighted by Gasteiger charge is 2.17. The molecule has 1 heterocycles. The van der Waals surface area contributed by atoms with Crippen LogP contribution < -0.4 is 10.6 Å². The molecule has 1 fully saturated rings. The average molecular weight is 298 g/mol. The lowest BCUT2D eigenvalue weighted by molar-refractivity contribution is -0.137. The van der Waals surface area contributed by atoms with E-state index in [1.807, 2.05) is 0 Å². The largest absolute Gasteiger partial charge is 0.481 e. The van der Waals surface area contributed by atoms with Crippen LogP contribution in [0.4, 0.5) is 0 Å². The molecule has 1 amide bonds. The van der Waals surface area contributed by atoms with Crippen molar-refractivity contribution in [1.29, 1.82) is 0 Å². The number of hydrogen-bond donors (Lipinski definition) is 3. The molecule has 2 unspecified atom stereocenters. The molecule has 1 saturated heterocycles. The van der Waals surface area contributed by atoms with Gasteiger partial charge in [-0.25, -0.2) is 0 Å². The number of rotatable bonds is 10. The first-order valence-corrected chi connectivity index (χ1v) is 8.31. The summed E-state index contributed by atoms with van der Waals surface area (Å²) in [6.07, 6.45) is 6.83. The Balaban J connectivity index is 2.16. The van der Waals surface area contributed by atoms with E-state index in [-0.39, 0.29) is 12.3 Å². The Labute approximate surface area is 127 Å². The molecule has 0 aromatic carbocycles. The molecule has 5 heteroatoms. The van der Waals surface area contributed by atoms with Gasteiger partial charge in [0.15, 0.2) is 0 Å². The SMILES string of the molecule is CCCC(CCNC(=O)CC1CCCNC1)CCC(=O)O. The Morgan fingerprint density at radius 2 is 2.14 bits per heavy atom. The van der Waals surface area contributed by atoms with Crippen LogP contribution in [-0.2, 0) is 9.59 Å². The summed E-state index contributed by atoms with van der Waals surface area (Å²) in [6, 6.07) is 0. The maximum absolute atomic E-state index is 11.9. The highest BCUT2D eigenvalue weighted by atomic mass is 16.4. The molecule has 122 valence electrons. The van der Waals surface area contributed by atoms with Crippen LogP contribution >= 0.6 is 0 Å². The zero-order valence-corrected chi connectivity index (χ0v) is 13.2. The lowest BCUT2D eigenvalue weighted by Gasteiger charge is -2.22. The third-order valence-corrected chi connectivity index (χ3v) is 4.21. The van der Waals surface area contributed by atoms with Crippen molar-refractivity contribution in [3.63, 3.8) is 0 Å². The first kappa shape index (κ1) is 18.0. The molecule has 0 aliphatic carbocycles. The van der Waals surface area contributed by atoms with E-state index >= 15 is 0 Å². The number of carbonyl (C=O) groups excluding carboxylic acids is 1. The molecule has 0 spiro atoms. The van der Waals surface area contributed by atoms with Gasteiger partial charge >= 0.3 is 5.97 Å². The number of hydrogen-bond acceptors (Lipinski definition) is 3. The van der Waals surface area contributed by atoms with Gasteiger partial charge in [0.25, 0.3) is 0 Å². The van der Waals surface area contributed by atoms with E-state index in [2.05, 4.69) is 17.6 Å². The van der Waals surface area contributed by atoms with Gasteiger partial charge in [0.1, 0.15) is 0 Å². The zero-order chi connectivity index (χ0) is 15.5. The van der Waals surface area contributed by atoms with Crippen molar-refractivity contribution in [1.82, 2.24) is 10.6 Å². The summed E-state index contributed by atoms with van der Waals surface area (Å²) in [4.78, 5) is 22.5. The van der Waals surface area contributed by atoms with E-state index in [9.17, 15) is 9.59 Å². The van der Waals surface area contributed by atoms with Crippen molar-refractivity contribution in [3.05, 3.63) is 0 Å². The molecule has 1 aliphatic heterocycles. The van der Waals surface area contributed by atoms with Crippen molar-refractivity contribution in [3.8, 4) is 0 Å². The predicted octanol–water partition coefficient (Wildman–Crippen LogP) is 2.16. The lowest BCUT2D eigenvalue weighted by atomic mass is 9.94. The lowest BCUT2D eigenvalue weighted by Crippen LogP contribution is -2.34. The fraction of sp³-hybridized carbons (Fsp3) is 0.875. The maximum Gasteiger partial charge on any atom is 0.303 e. The second-order valence-electron chi connectivity index (χ2n) is 6.14. The van der Waals surface area contributed by atoms with Crippen LogP contribution in [0.1, 0.15) is 58.3 Å². The topological polar surface area (TPSA) is 78.4 Å². The predicted molar refractivity (Wildman–Crippen MR) is 83.1 cm³/mol. The van der Waals surface area contributed by atoms with Gasteiger partial charge in [-0.2, -0.15) is 0 Å². The molecule has 1 rings (SSSR count). The Kier molecular flexibility index (Phi) is 9.06. The van der Waals surface area contributed by atoms with Crippen LogP contribution in [0.5, 0.6) is 0 Å². The van der Waals surface area contributed by atoms with Crippen molar-refractivity contribution in [2.75, 3.05) is 19.6 Å². The number of amides is 1. The fourth-order valence-electron chi connectivity index (χ4n) is 3.02. The Morgan fingerprint density at radius 1 is 1.33 bits per heavy atom. The van der Waals surface area contributed by atoms with E-state index in [4.69, 9.17) is 5.11 Å². The van der Waals surface area contributed by atoms with E-state index in [0.717, 1.165) is 45.2 Å². The molecule has 21 heavy (non-hydrogen) atoms. The molecular formula is C16H30N2O3. The van der Waals surface area contributed by atoms with E-state index in [0.29, 0.717) is 31.2 Å². The van der Waals surface area contributed by atoms with Gasteiger partial charge in [0.2, 0.25) is 5.91 Å². The summed E-state index contributed by atoms with van der Waals surface area (Å²) in [5.41, 5.74) is 0. The molecule has 2 atom stereocenters. The molecule has 1 aliphatic rings. The second kappa shape index (κ2) is 10.6. The molecule has 0 bridgehead atoms. The Morgan fingerprint density at radius 3 is 2.76 bits per heavy atom. The van der Waals surface area contributed by atoms with Crippen molar-refractivity contribution in [2.45, 2.75) is 58.3 Å². The molecule has 5 nitrogen and oxygen atoms in total. The minimum Gasteiger partial charge on any atom is -0.481 e. The standard InChI is InChI=1S/C16H30N2O3/c1-2-4-13(6-7-16(20)21)8-10-18-15(19)11-14-5-3-9-17-12-14/h13-14,17H,2-12H2,1H3,(H,18,19)(H,20,21). The molecule has 0 radical (unpaired) electrons. The van der Waals surface area contributed by atoms with E-state index < -0.39 is 5.97 Å². The van der Waals surface area contributed by atoms with Gasteiger partial charge in [-0.15, -0.1) is 0 Å². The molecular weight excluding hydrogens is 268 g/mol. The van der Waals surface area contributed by atoms with Gasteiger partial charge in [0.05, 0.1) is 0 Å². The minimum atomic E-state index is -0.732. The fourth-order valence-corrected chi connectivity index (χ4v) is 3.02. The highest BCUT2D eigenvalue weighted by Crippen LogP contribution is 2.17. The van der Waals surface area contributed by atoms with E-state index in [1.165, 1.54) is 0 Å². The van der Waals surface area contributed by atoms with Crippen molar-refractivity contribution < 1.29 is 14.7 Å². The quantitative estimate of drug-likeness (QED) is 0.577. The second-order valence-corrected chi connectivity index (χ2v) is 6.14. The zero-order valence-electron chi connectivity index (χ0n) is 13.2. The van der Waals surface area contributed by atoms with Gasteiger partial charge < -0.3 is 15.7 Å². The van der Waals surface area contributed by atoms with Gasteiger partial charge in [-0.05, 0) is 50.6 Å². The average Bonchev–Trinajstić information content (AvgIpc) is 2.45. The van der Waals surface area contributed by atoms with Crippen LogP contribution in [0.3, 0.4) is 0 Å². The summed E-state index contributed by atoms with van der Waals surface area (Å²) in [6.45, 7) is 4.80. The number of nitrogens with one attached hydrogen (secondary N) is 2. The molecule has 0 aromatic heterocycles. The normalized spacial score (nSPS) is 20.0. The third kappa shape index (κ3) is 8.71. The maximum atomic E-state index is 11.9. The third-order valence-electron chi connectivity index (χ3n) is 4.21. The number of aliphatic carboxylic acids is 1. The summed E-state index contributed by atoms with van der Waals surface area (Å²) < 4.78 is 0. The Bertz CT molecular complexity index is 315. The minimum absolute atomic E-state index is 0.136. The van der Waals surface area contributed by atoms with Crippen LogP contribution in [0.25, 0.3) is 0 Å². The van der Waals surface area contributed by atoms with Crippen LogP contribution in [-0.4, -0.2) is 36.6 Å². The molecule has 0 aromatic rings. The van der Waals surface area contributed by atoms with Gasteiger partial charge in [0, 0.05) is 19.4 Å². The summed E-state index contributed by atoms with van der Waals surface area (Å²) >= 11 is 0. The van der Waals surface area contributed by atoms with E-state index in [1.54, 1.807) is 0 Å². The highest BCUT2D eigenvalue weighted by molar-refractivity contribution is 5.76. The summed E-state index contributed by atoms with van der Waals surface area (Å²) in [7, 11) is 0. The van der Waals surface area contributed by atoms with Crippen LogP contribution in [0.15, 0.2) is 0 Å². The molecule has 0 saturated carbocycles. The van der Waals surface area contributed by atoms with Crippen molar-refractivity contribution >= 4 is 11.9 Å². The monoisotopic (exact) mass is 298 g/mol. The first-order chi connectivity index (χ1) is 10.1. The van der Waals surface area contributed by atoms with Gasteiger partial charge in [-0.3, -0.25) is 9.59 Å². The number of carboxylic acid groups (broad SMARTS) is 1. The number of piperidine rings is 1. The van der Waals surface area contributed by atoms with Gasteiger partial charge in [-0.1, -0.05) is 19.8 Å². The van der Waals surface area contributed by atoms with Crippen molar-refractivity contribution in [2.24, 2.45) is 11.8 Å². The Hall–Kier alpha value is -1.10.